The number of hydrazine groups is 1. The number of hydrogen-bond donors (Lipinski definition) is 0. The standard InChI is InChI=1S/C14H14F2N4O/c1-14(12(15)16)8-19-4-3-11(20(19)13(14)21)9-5-10(17-2)7-18-6-9/h5-7,11-12H,3-4,8H2,1H3/t11-,14-/m0/s1. The van der Waals surface area contributed by atoms with Crippen molar-refractivity contribution >= 4 is 11.6 Å². The first-order valence-corrected chi connectivity index (χ1v) is 6.66. The first-order valence-electron chi connectivity index (χ1n) is 6.66. The van der Waals surface area contributed by atoms with Crippen LogP contribution in [0.2, 0.25) is 0 Å². The molecule has 2 fully saturated rings. The van der Waals surface area contributed by atoms with E-state index in [1.807, 2.05) is 0 Å². The lowest BCUT2D eigenvalue weighted by Crippen LogP contribution is -2.39. The van der Waals surface area contributed by atoms with Gasteiger partial charge in [-0.15, -0.1) is 0 Å². The third-order valence-electron chi connectivity index (χ3n) is 4.21. The normalized spacial score (nSPS) is 29.0. The molecule has 0 bridgehead atoms. The summed E-state index contributed by atoms with van der Waals surface area (Å²) in [5.74, 6) is -0.548. The van der Waals surface area contributed by atoms with Gasteiger partial charge >= 0.3 is 0 Å². The Balaban J connectivity index is 1.94. The Morgan fingerprint density at radius 2 is 2.29 bits per heavy atom. The molecule has 3 rings (SSSR count). The molecular formula is C14H14F2N4O. The molecule has 0 N–H and O–H groups in total. The zero-order valence-electron chi connectivity index (χ0n) is 11.5. The van der Waals surface area contributed by atoms with E-state index in [-0.39, 0.29) is 12.6 Å². The Hall–Kier alpha value is -2.07. The number of amides is 1. The number of pyridine rings is 1. The Kier molecular flexibility index (Phi) is 3.14. The first kappa shape index (κ1) is 13.9. The lowest BCUT2D eigenvalue weighted by Gasteiger charge is -2.26. The maximum Gasteiger partial charge on any atom is 0.254 e. The molecule has 2 saturated heterocycles. The van der Waals surface area contributed by atoms with Gasteiger partial charge in [0.15, 0.2) is 0 Å². The van der Waals surface area contributed by atoms with Crippen molar-refractivity contribution in [1.29, 1.82) is 0 Å². The van der Waals surface area contributed by atoms with E-state index in [9.17, 15) is 13.6 Å². The summed E-state index contributed by atoms with van der Waals surface area (Å²) < 4.78 is 26.4. The van der Waals surface area contributed by atoms with E-state index in [4.69, 9.17) is 6.57 Å². The molecule has 5 nitrogen and oxygen atoms in total. The van der Waals surface area contributed by atoms with Gasteiger partial charge in [-0.05, 0) is 25.0 Å². The fourth-order valence-electron chi connectivity index (χ4n) is 2.99. The van der Waals surface area contributed by atoms with E-state index in [1.165, 1.54) is 18.1 Å². The summed E-state index contributed by atoms with van der Waals surface area (Å²) in [5.41, 5.74) is -0.546. The summed E-state index contributed by atoms with van der Waals surface area (Å²) in [4.78, 5) is 19.7. The molecule has 0 aliphatic carbocycles. The van der Waals surface area contributed by atoms with E-state index in [1.54, 1.807) is 17.3 Å². The molecule has 0 aromatic carbocycles. The van der Waals surface area contributed by atoms with Crippen LogP contribution in [0.5, 0.6) is 0 Å². The van der Waals surface area contributed by atoms with Crippen molar-refractivity contribution in [1.82, 2.24) is 15.0 Å². The molecule has 2 aliphatic rings. The van der Waals surface area contributed by atoms with Gasteiger partial charge in [0.05, 0.1) is 12.6 Å². The molecule has 0 radical (unpaired) electrons. The highest BCUT2D eigenvalue weighted by molar-refractivity contribution is 5.85. The molecule has 2 aliphatic heterocycles. The number of aromatic nitrogens is 1. The van der Waals surface area contributed by atoms with Crippen molar-refractivity contribution in [2.45, 2.75) is 25.8 Å². The molecule has 3 heterocycles. The summed E-state index contributed by atoms with van der Waals surface area (Å²) in [6.45, 7) is 8.91. The summed E-state index contributed by atoms with van der Waals surface area (Å²) >= 11 is 0. The van der Waals surface area contributed by atoms with Gasteiger partial charge in [0.1, 0.15) is 5.41 Å². The number of halogens is 2. The van der Waals surface area contributed by atoms with Gasteiger partial charge < -0.3 is 0 Å². The summed E-state index contributed by atoms with van der Waals surface area (Å²) in [6, 6.07) is 1.35. The van der Waals surface area contributed by atoms with Crippen LogP contribution in [0.25, 0.3) is 4.85 Å². The van der Waals surface area contributed by atoms with Crippen molar-refractivity contribution in [3.63, 3.8) is 0 Å². The largest absolute Gasteiger partial charge is 0.276 e. The lowest BCUT2D eigenvalue weighted by molar-refractivity contribution is -0.147. The van der Waals surface area contributed by atoms with Crippen molar-refractivity contribution in [2.24, 2.45) is 5.41 Å². The second-order valence-electron chi connectivity index (χ2n) is 5.65. The zero-order valence-corrected chi connectivity index (χ0v) is 11.5. The van der Waals surface area contributed by atoms with Crippen LogP contribution in [0.1, 0.15) is 24.9 Å². The second-order valence-corrected chi connectivity index (χ2v) is 5.65. The SMILES string of the molecule is [C-]#[N+]c1cncc([C@@H]2CCN3C[C@@](C)(C(F)F)C(=O)N23)c1. The number of fused-ring (bicyclic) bond motifs is 1. The van der Waals surface area contributed by atoms with Crippen LogP contribution in [0.3, 0.4) is 0 Å². The summed E-state index contributed by atoms with van der Waals surface area (Å²) in [7, 11) is 0. The minimum atomic E-state index is -2.69. The third kappa shape index (κ3) is 1.98. The number of carbonyl (C=O) groups is 1. The maximum absolute atomic E-state index is 13.2. The first-order chi connectivity index (χ1) is 9.97. The number of carbonyl (C=O) groups excluding carboxylic acids is 1. The van der Waals surface area contributed by atoms with Crippen LogP contribution in [0.15, 0.2) is 18.5 Å². The summed E-state index contributed by atoms with van der Waals surface area (Å²) in [6.07, 6.45) is 1.00. The topological polar surface area (TPSA) is 40.8 Å². The van der Waals surface area contributed by atoms with Gasteiger partial charge in [-0.2, -0.15) is 0 Å². The monoisotopic (exact) mass is 292 g/mol. The number of nitrogens with zero attached hydrogens (tertiary/aromatic N) is 4. The molecule has 21 heavy (non-hydrogen) atoms. The van der Waals surface area contributed by atoms with Crippen LogP contribution < -0.4 is 0 Å². The summed E-state index contributed by atoms with van der Waals surface area (Å²) in [5, 5.41) is 3.11. The van der Waals surface area contributed by atoms with Crippen LogP contribution in [-0.2, 0) is 4.79 Å². The highest BCUT2D eigenvalue weighted by atomic mass is 19.3. The predicted molar refractivity (Wildman–Crippen MR) is 70.4 cm³/mol. The van der Waals surface area contributed by atoms with Crippen LogP contribution in [-0.4, -0.2) is 40.4 Å². The van der Waals surface area contributed by atoms with Crippen LogP contribution in [0, 0.1) is 12.0 Å². The molecule has 0 spiro atoms. The molecule has 1 aromatic rings. The predicted octanol–water partition coefficient (Wildman–Crippen LogP) is 2.41. The molecule has 7 heteroatoms. The minimum absolute atomic E-state index is 0.0376. The molecule has 0 unspecified atom stereocenters. The molecular weight excluding hydrogens is 278 g/mol. The van der Waals surface area contributed by atoms with Crippen molar-refractivity contribution in [3.8, 4) is 0 Å². The fourth-order valence-corrected chi connectivity index (χ4v) is 2.99. The molecule has 1 aromatic heterocycles. The number of alkyl halides is 2. The highest BCUT2D eigenvalue weighted by Gasteiger charge is 2.57. The van der Waals surface area contributed by atoms with E-state index in [0.717, 1.165) is 5.56 Å². The number of rotatable bonds is 2. The molecule has 0 saturated carbocycles. The Bertz CT molecular complexity index is 630. The van der Waals surface area contributed by atoms with E-state index >= 15 is 0 Å². The van der Waals surface area contributed by atoms with Crippen LogP contribution in [0.4, 0.5) is 14.5 Å². The Morgan fingerprint density at radius 3 is 2.95 bits per heavy atom. The Labute approximate surface area is 121 Å². The molecule has 110 valence electrons. The minimum Gasteiger partial charge on any atom is -0.276 e. The molecule has 2 atom stereocenters. The fraction of sp³-hybridized carbons (Fsp3) is 0.500. The highest BCUT2D eigenvalue weighted by Crippen LogP contribution is 2.45. The van der Waals surface area contributed by atoms with E-state index in [0.29, 0.717) is 18.7 Å². The lowest BCUT2D eigenvalue weighted by atomic mass is 9.90. The Morgan fingerprint density at radius 1 is 1.52 bits per heavy atom. The third-order valence-corrected chi connectivity index (χ3v) is 4.21. The average Bonchev–Trinajstić information content (AvgIpc) is 2.99. The quantitative estimate of drug-likeness (QED) is 0.786. The maximum atomic E-state index is 13.2. The smallest absolute Gasteiger partial charge is 0.254 e. The van der Waals surface area contributed by atoms with Crippen LogP contribution >= 0.6 is 0 Å². The van der Waals surface area contributed by atoms with Gasteiger partial charge in [-0.3, -0.25) is 14.8 Å². The number of hydrogen-bond acceptors (Lipinski definition) is 3. The zero-order chi connectivity index (χ0) is 15.2. The van der Waals surface area contributed by atoms with Gasteiger partial charge in [-0.1, -0.05) is 0 Å². The van der Waals surface area contributed by atoms with Gasteiger partial charge in [0.2, 0.25) is 5.69 Å². The van der Waals surface area contributed by atoms with E-state index in [2.05, 4.69) is 9.83 Å². The van der Waals surface area contributed by atoms with Gasteiger partial charge in [-0.25, -0.2) is 18.6 Å². The van der Waals surface area contributed by atoms with E-state index < -0.39 is 17.7 Å². The van der Waals surface area contributed by atoms with Gasteiger partial charge in [0.25, 0.3) is 12.3 Å². The van der Waals surface area contributed by atoms with Crippen molar-refractivity contribution in [2.75, 3.05) is 13.1 Å². The van der Waals surface area contributed by atoms with Crippen molar-refractivity contribution < 1.29 is 13.6 Å². The molecule has 1 amide bonds. The average molecular weight is 292 g/mol. The van der Waals surface area contributed by atoms with Crippen molar-refractivity contribution in [3.05, 3.63) is 35.4 Å². The second kappa shape index (κ2) is 4.74. The van der Waals surface area contributed by atoms with Gasteiger partial charge in [0, 0.05) is 25.5 Å².